The number of aliphatic hydroxyl groups excluding tert-OH is 1. The summed E-state index contributed by atoms with van der Waals surface area (Å²) in [7, 11) is 0. The molecule has 1 aliphatic heterocycles. The van der Waals surface area contributed by atoms with Crippen molar-refractivity contribution in [3.8, 4) is 0 Å². The zero-order valence-electron chi connectivity index (χ0n) is 13.0. The van der Waals surface area contributed by atoms with Crippen molar-refractivity contribution < 1.29 is 9.90 Å². The van der Waals surface area contributed by atoms with Crippen LogP contribution in [0.3, 0.4) is 0 Å². The van der Waals surface area contributed by atoms with Gasteiger partial charge in [0.25, 0.3) is 0 Å². The number of anilines is 1. The Morgan fingerprint density at radius 3 is 2.48 bits per heavy atom. The summed E-state index contributed by atoms with van der Waals surface area (Å²) < 4.78 is 0. The van der Waals surface area contributed by atoms with Gasteiger partial charge in [0.15, 0.2) is 0 Å². The zero-order chi connectivity index (χ0) is 15.4. The van der Waals surface area contributed by atoms with Crippen molar-refractivity contribution in [2.24, 2.45) is 5.92 Å². The minimum absolute atomic E-state index is 0.0194. The first-order chi connectivity index (χ1) is 9.95. The van der Waals surface area contributed by atoms with Gasteiger partial charge in [0, 0.05) is 36.9 Å². The Hall–Kier alpha value is -1.69. The number of carbonyl (C=O) groups excluding carboxylic acids is 1. The van der Waals surface area contributed by atoms with Crippen molar-refractivity contribution in [3.63, 3.8) is 0 Å². The van der Waals surface area contributed by atoms with Crippen molar-refractivity contribution in [1.29, 1.82) is 0 Å². The molecule has 1 aromatic heterocycles. The topological polar surface area (TPSA) is 78.4 Å². The quantitative estimate of drug-likeness (QED) is 0.858. The van der Waals surface area contributed by atoms with Crippen LogP contribution in [0.1, 0.15) is 31.2 Å². The van der Waals surface area contributed by atoms with E-state index in [1.54, 1.807) is 6.92 Å². The number of amides is 1. The molecule has 0 spiro atoms. The van der Waals surface area contributed by atoms with Crippen LogP contribution in [0.5, 0.6) is 0 Å². The molecule has 1 fully saturated rings. The van der Waals surface area contributed by atoms with Crippen LogP contribution >= 0.6 is 0 Å². The van der Waals surface area contributed by atoms with Crippen molar-refractivity contribution in [1.82, 2.24) is 15.3 Å². The van der Waals surface area contributed by atoms with Crippen LogP contribution in [-0.4, -0.2) is 46.7 Å². The normalized spacial score (nSPS) is 17.6. The number of aromatic nitrogens is 2. The molecule has 0 radical (unpaired) electrons. The lowest BCUT2D eigenvalue weighted by Gasteiger charge is -2.31. The van der Waals surface area contributed by atoms with Crippen LogP contribution in [0.2, 0.25) is 0 Å². The molecule has 0 aliphatic carbocycles. The lowest BCUT2D eigenvalue weighted by Crippen LogP contribution is -2.42. The summed E-state index contributed by atoms with van der Waals surface area (Å²) in [5, 5.41) is 12.0. The van der Waals surface area contributed by atoms with E-state index < -0.39 is 6.10 Å². The maximum atomic E-state index is 12.0. The standard InChI is InChI=1S/C15H24N4O2/c1-10-8-11(2)18-15(17-10)19-6-4-13(5-7-19)14(21)16-9-12(3)20/h8,12-13,20H,4-7,9H2,1-3H3,(H,16,21). The van der Waals surface area contributed by atoms with E-state index in [0.29, 0.717) is 6.54 Å². The van der Waals surface area contributed by atoms with E-state index in [1.165, 1.54) is 0 Å². The van der Waals surface area contributed by atoms with E-state index in [-0.39, 0.29) is 11.8 Å². The third kappa shape index (κ3) is 4.39. The van der Waals surface area contributed by atoms with Crippen molar-refractivity contribution >= 4 is 11.9 Å². The zero-order valence-corrected chi connectivity index (χ0v) is 13.0. The SMILES string of the molecule is Cc1cc(C)nc(N2CCC(C(=O)NCC(C)O)CC2)n1. The number of hydrogen-bond donors (Lipinski definition) is 2. The first-order valence-corrected chi connectivity index (χ1v) is 7.48. The highest BCUT2D eigenvalue weighted by Crippen LogP contribution is 2.21. The molecule has 0 bridgehead atoms. The number of hydrogen-bond acceptors (Lipinski definition) is 5. The minimum Gasteiger partial charge on any atom is -0.392 e. The lowest BCUT2D eigenvalue weighted by molar-refractivity contribution is -0.126. The molecular weight excluding hydrogens is 268 g/mol. The fourth-order valence-corrected chi connectivity index (χ4v) is 2.58. The van der Waals surface area contributed by atoms with E-state index >= 15 is 0 Å². The van der Waals surface area contributed by atoms with E-state index in [2.05, 4.69) is 20.2 Å². The van der Waals surface area contributed by atoms with Gasteiger partial charge in [0.1, 0.15) is 0 Å². The lowest BCUT2D eigenvalue weighted by atomic mass is 9.96. The first-order valence-electron chi connectivity index (χ1n) is 7.48. The Balaban J connectivity index is 1.89. The molecule has 2 heterocycles. The largest absolute Gasteiger partial charge is 0.392 e. The summed E-state index contributed by atoms with van der Waals surface area (Å²) in [6, 6.07) is 1.96. The number of carbonyl (C=O) groups is 1. The Bertz CT molecular complexity index is 476. The summed E-state index contributed by atoms with van der Waals surface area (Å²) >= 11 is 0. The average Bonchev–Trinajstić information content (AvgIpc) is 2.44. The van der Waals surface area contributed by atoms with Gasteiger partial charge in [-0.25, -0.2) is 9.97 Å². The molecule has 0 aromatic carbocycles. The van der Waals surface area contributed by atoms with Gasteiger partial charge in [-0.1, -0.05) is 0 Å². The molecule has 1 unspecified atom stereocenters. The Labute approximate surface area is 125 Å². The van der Waals surface area contributed by atoms with Crippen molar-refractivity contribution in [2.45, 2.75) is 39.7 Å². The Kier molecular flexibility index (Phi) is 5.12. The minimum atomic E-state index is -0.502. The molecule has 1 aliphatic rings. The summed E-state index contributed by atoms with van der Waals surface area (Å²) in [4.78, 5) is 23.1. The van der Waals surface area contributed by atoms with Gasteiger partial charge in [-0.15, -0.1) is 0 Å². The first kappa shape index (κ1) is 15.7. The maximum Gasteiger partial charge on any atom is 0.225 e. The number of nitrogens with one attached hydrogen (secondary N) is 1. The van der Waals surface area contributed by atoms with E-state index in [0.717, 1.165) is 43.3 Å². The van der Waals surface area contributed by atoms with Crippen LogP contribution < -0.4 is 10.2 Å². The highest BCUT2D eigenvalue weighted by atomic mass is 16.3. The monoisotopic (exact) mass is 292 g/mol. The molecule has 6 heteroatoms. The average molecular weight is 292 g/mol. The van der Waals surface area contributed by atoms with Gasteiger partial charge >= 0.3 is 0 Å². The molecule has 1 atom stereocenters. The third-order valence-corrected chi connectivity index (χ3v) is 3.69. The van der Waals surface area contributed by atoms with Crippen LogP contribution in [-0.2, 0) is 4.79 Å². The van der Waals surface area contributed by atoms with E-state index in [9.17, 15) is 9.90 Å². The number of piperidine rings is 1. The van der Waals surface area contributed by atoms with Crippen LogP contribution in [0.25, 0.3) is 0 Å². The predicted octanol–water partition coefficient (Wildman–Crippen LogP) is 0.807. The van der Waals surface area contributed by atoms with Gasteiger partial charge < -0.3 is 15.3 Å². The van der Waals surface area contributed by atoms with E-state index in [1.807, 2.05) is 19.9 Å². The van der Waals surface area contributed by atoms with Crippen LogP contribution in [0.4, 0.5) is 5.95 Å². The van der Waals surface area contributed by atoms with Gasteiger partial charge in [-0.05, 0) is 39.7 Å². The number of aryl methyl sites for hydroxylation is 2. The molecule has 1 aromatic rings. The summed E-state index contributed by atoms with van der Waals surface area (Å²) in [5.74, 6) is 0.818. The molecule has 0 saturated carbocycles. The molecule has 21 heavy (non-hydrogen) atoms. The smallest absolute Gasteiger partial charge is 0.225 e. The molecule has 116 valence electrons. The third-order valence-electron chi connectivity index (χ3n) is 3.69. The molecule has 2 N–H and O–H groups in total. The summed E-state index contributed by atoms with van der Waals surface area (Å²) in [5.41, 5.74) is 1.93. The Morgan fingerprint density at radius 1 is 1.38 bits per heavy atom. The molecule has 1 amide bonds. The maximum absolute atomic E-state index is 12.0. The molecular formula is C15H24N4O2. The second-order valence-corrected chi connectivity index (χ2v) is 5.81. The fraction of sp³-hybridized carbons (Fsp3) is 0.667. The van der Waals surface area contributed by atoms with Gasteiger partial charge in [0.05, 0.1) is 6.10 Å². The summed E-state index contributed by atoms with van der Waals surface area (Å²) in [6.45, 7) is 7.49. The molecule has 2 rings (SSSR count). The molecule has 6 nitrogen and oxygen atoms in total. The van der Waals surface area contributed by atoms with Crippen molar-refractivity contribution in [2.75, 3.05) is 24.5 Å². The molecule has 1 saturated heterocycles. The summed E-state index contributed by atoms with van der Waals surface area (Å²) in [6.07, 6.45) is 1.09. The Morgan fingerprint density at radius 2 is 1.95 bits per heavy atom. The number of aliphatic hydroxyl groups is 1. The van der Waals surface area contributed by atoms with Gasteiger partial charge in [0.2, 0.25) is 11.9 Å². The van der Waals surface area contributed by atoms with Crippen LogP contribution in [0.15, 0.2) is 6.07 Å². The predicted molar refractivity (Wildman–Crippen MR) is 81.1 cm³/mol. The van der Waals surface area contributed by atoms with Gasteiger partial charge in [-0.2, -0.15) is 0 Å². The number of nitrogens with zero attached hydrogens (tertiary/aromatic N) is 3. The highest BCUT2D eigenvalue weighted by molar-refractivity contribution is 5.78. The second kappa shape index (κ2) is 6.85. The van der Waals surface area contributed by atoms with E-state index in [4.69, 9.17) is 0 Å². The van der Waals surface area contributed by atoms with Gasteiger partial charge in [-0.3, -0.25) is 4.79 Å². The number of rotatable bonds is 4. The van der Waals surface area contributed by atoms with Crippen LogP contribution in [0, 0.1) is 19.8 Å². The fourth-order valence-electron chi connectivity index (χ4n) is 2.58. The second-order valence-electron chi connectivity index (χ2n) is 5.81. The van der Waals surface area contributed by atoms with Crippen molar-refractivity contribution in [3.05, 3.63) is 17.5 Å². The highest BCUT2D eigenvalue weighted by Gasteiger charge is 2.26.